The van der Waals surface area contributed by atoms with Crippen LogP contribution in [-0.4, -0.2) is 35.3 Å². The Labute approximate surface area is 197 Å². The number of benzene rings is 2. The summed E-state index contributed by atoms with van der Waals surface area (Å²) in [6, 6.07) is 19.1. The number of amides is 2. The van der Waals surface area contributed by atoms with E-state index in [2.05, 4.69) is 19.2 Å². The largest absolute Gasteiger partial charge is 0.445 e. The van der Waals surface area contributed by atoms with Crippen LogP contribution in [0.25, 0.3) is 0 Å². The van der Waals surface area contributed by atoms with Gasteiger partial charge in [-0.25, -0.2) is 9.59 Å². The molecule has 33 heavy (non-hydrogen) atoms. The summed E-state index contributed by atoms with van der Waals surface area (Å²) in [4.78, 5) is 27.5. The summed E-state index contributed by atoms with van der Waals surface area (Å²) < 4.78 is 11.2. The molecule has 1 aliphatic heterocycles. The molecule has 1 aliphatic rings. The predicted molar refractivity (Wildman–Crippen MR) is 129 cm³/mol. The summed E-state index contributed by atoms with van der Waals surface area (Å²) in [5, 5.41) is 3.03. The number of likely N-dealkylation sites (tertiary alicyclic amines) is 1. The van der Waals surface area contributed by atoms with Crippen molar-refractivity contribution in [2.24, 2.45) is 5.41 Å². The van der Waals surface area contributed by atoms with Crippen LogP contribution in [0.2, 0.25) is 0 Å². The Morgan fingerprint density at radius 3 is 2.27 bits per heavy atom. The third-order valence-corrected chi connectivity index (χ3v) is 6.07. The van der Waals surface area contributed by atoms with Gasteiger partial charge in [0, 0.05) is 12.6 Å². The first-order chi connectivity index (χ1) is 15.5. The highest BCUT2D eigenvalue weighted by molar-refractivity contribution is 5.69. The highest BCUT2D eigenvalue weighted by Gasteiger charge is 2.44. The van der Waals surface area contributed by atoms with Crippen molar-refractivity contribution in [1.82, 2.24) is 10.2 Å². The number of ether oxygens (including phenoxy) is 2. The zero-order valence-electron chi connectivity index (χ0n) is 20.3. The van der Waals surface area contributed by atoms with E-state index in [0.29, 0.717) is 13.0 Å². The molecule has 0 aromatic heterocycles. The molecule has 2 amide bonds. The molecular weight excluding hydrogens is 416 g/mol. The van der Waals surface area contributed by atoms with E-state index in [4.69, 9.17) is 9.47 Å². The maximum Gasteiger partial charge on any atom is 0.410 e. The number of alkyl carbamates (subject to hydrolysis) is 1. The van der Waals surface area contributed by atoms with E-state index in [1.807, 2.05) is 86.3 Å². The molecule has 0 bridgehead atoms. The molecule has 0 radical (unpaired) electrons. The molecule has 1 saturated heterocycles. The lowest BCUT2D eigenvalue weighted by atomic mass is 9.80. The van der Waals surface area contributed by atoms with Gasteiger partial charge in [-0.2, -0.15) is 0 Å². The van der Waals surface area contributed by atoms with Crippen LogP contribution in [0.4, 0.5) is 9.59 Å². The summed E-state index contributed by atoms with van der Waals surface area (Å²) in [5.74, 6) is 0. The van der Waals surface area contributed by atoms with Gasteiger partial charge in [0.05, 0.1) is 6.04 Å². The van der Waals surface area contributed by atoms with Gasteiger partial charge in [0.2, 0.25) is 0 Å². The second-order valence-corrected chi connectivity index (χ2v) is 10.3. The summed E-state index contributed by atoms with van der Waals surface area (Å²) in [6.07, 6.45) is 0.645. The molecule has 0 saturated carbocycles. The van der Waals surface area contributed by atoms with Crippen LogP contribution in [0.5, 0.6) is 0 Å². The van der Waals surface area contributed by atoms with E-state index in [0.717, 1.165) is 17.5 Å². The lowest BCUT2D eigenvalue weighted by molar-refractivity contribution is 0.0476. The van der Waals surface area contributed by atoms with Gasteiger partial charge < -0.3 is 19.7 Å². The molecule has 1 N–H and O–H groups in total. The van der Waals surface area contributed by atoms with Gasteiger partial charge in [0.25, 0.3) is 0 Å². The predicted octanol–water partition coefficient (Wildman–Crippen LogP) is 6.08. The maximum atomic E-state index is 13.0. The van der Waals surface area contributed by atoms with E-state index >= 15 is 0 Å². The molecule has 2 aromatic rings. The SMILES string of the molecule is CC(C)(C)OC(=O)N[C@@H](C[C@@H]1N(C(=O)OCc2ccccc2)CCC1(C)C)c1ccccc1. The Morgan fingerprint density at radius 1 is 1.06 bits per heavy atom. The van der Waals surface area contributed by atoms with Crippen LogP contribution in [0.3, 0.4) is 0 Å². The quantitative estimate of drug-likeness (QED) is 0.577. The number of hydrogen-bond donors (Lipinski definition) is 1. The minimum atomic E-state index is -0.592. The summed E-state index contributed by atoms with van der Waals surface area (Å²) in [7, 11) is 0. The first-order valence-corrected chi connectivity index (χ1v) is 11.6. The van der Waals surface area contributed by atoms with Crippen LogP contribution in [0, 0.1) is 5.41 Å². The first-order valence-electron chi connectivity index (χ1n) is 11.6. The fourth-order valence-corrected chi connectivity index (χ4v) is 4.26. The van der Waals surface area contributed by atoms with E-state index in [9.17, 15) is 9.59 Å². The Morgan fingerprint density at radius 2 is 1.67 bits per heavy atom. The van der Waals surface area contributed by atoms with Gasteiger partial charge in [-0.05, 0) is 50.2 Å². The number of carbonyl (C=O) groups is 2. The topological polar surface area (TPSA) is 67.9 Å². The second kappa shape index (κ2) is 10.3. The third-order valence-electron chi connectivity index (χ3n) is 6.07. The molecule has 1 heterocycles. The van der Waals surface area contributed by atoms with Gasteiger partial charge in [0.1, 0.15) is 12.2 Å². The fraction of sp³-hybridized carbons (Fsp3) is 0.481. The van der Waals surface area contributed by atoms with Crippen LogP contribution in [-0.2, 0) is 16.1 Å². The molecular formula is C27H36N2O4. The van der Waals surface area contributed by atoms with Crippen molar-refractivity contribution in [3.05, 3.63) is 71.8 Å². The lowest BCUT2D eigenvalue weighted by Gasteiger charge is -2.35. The monoisotopic (exact) mass is 452 g/mol. The maximum absolute atomic E-state index is 13.0. The summed E-state index contributed by atoms with van der Waals surface area (Å²) in [6.45, 7) is 10.7. The number of nitrogens with one attached hydrogen (secondary N) is 1. The average molecular weight is 453 g/mol. The number of nitrogens with zero attached hydrogens (tertiary/aromatic N) is 1. The van der Waals surface area contributed by atoms with Crippen molar-refractivity contribution >= 4 is 12.2 Å². The number of rotatable bonds is 6. The Kier molecular flexibility index (Phi) is 7.67. The van der Waals surface area contributed by atoms with E-state index in [-0.39, 0.29) is 30.2 Å². The van der Waals surface area contributed by atoms with Gasteiger partial charge in [0.15, 0.2) is 0 Å². The van der Waals surface area contributed by atoms with Crippen molar-refractivity contribution in [3.63, 3.8) is 0 Å². The molecule has 3 rings (SSSR count). The van der Waals surface area contributed by atoms with E-state index in [1.54, 1.807) is 0 Å². The molecule has 1 fully saturated rings. The smallest absolute Gasteiger partial charge is 0.410 e. The Bertz CT molecular complexity index is 922. The molecule has 2 aromatic carbocycles. The van der Waals surface area contributed by atoms with Crippen LogP contribution >= 0.6 is 0 Å². The number of carbonyl (C=O) groups excluding carboxylic acids is 2. The molecule has 0 unspecified atom stereocenters. The van der Waals surface area contributed by atoms with E-state index in [1.165, 1.54) is 0 Å². The highest BCUT2D eigenvalue weighted by Crippen LogP contribution is 2.41. The molecule has 2 atom stereocenters. The zero-order valence-corrected chi connectivity index (χ0v) is 20.3. The highest BCUT2D eigenvalue weighted by atomic mass is 16.6. The minimum Gasteiger partial charge on any atom is -0.445 e. The molecule has 0 aliphatic carbocycles. The van der Waals surface area contributed by atoms with Gasteiger partial charge in [-0.1, -0.05) is 74.5 Å². The van der Waals surface area contributed by atoms with Crippen molar-refractivity contribution in [2.45, 2.75) is 71.8 Å². The number of hydrogen-bond acceptors (Lipinski definition) is 4. The lowest BCUT2D eigenvalue weighted by Crippen LogP contribution is -2.44. The first kappa shape index (κ1) is 24.6. The molecule has 6 heteroatoms. The summed E-state index contributed by atoms with van der Waals surface area (Å²) in [5.41, 5.74) is 1.22. The van der Waals surface area contributed by atoms with Crippen molar-refractivity contribution in [1.29, 1.82) is 0 Å². The Hall–Kier alpha value is -3.02. The second-order valence-electron chi connectivity index (χ2n) is 10.3. The van der Waals surface area contributed by atoms with Crippen molar-refractivity contribution in [2.75, 3.05) is 6.54 Å². The van der Waals surface area contributed by atoms with Gasteiger partial charge >= 0.3 is 12.2 Å². The summed E-state index contributed by atoms with van der Waals surface area (Å²) >= 11 is 0. The Balaban J connectivity index is 1.76. The fourth-order valence-electron chi connectivity index (χ4n) is 4.26. The third kappa shape index (κ3) is 6.98. The van der Waals surface area contributed by atoms with Gasteiger partial charge in [-0.3, -0.25) is 0 Å². The molecule has 0 spiro atoms. The van der Waals surface area contributed by atoms with Crippen LogP contribution < -0.4 is 5.32 Å². The van der Waals surface area contributed by atoms with Crippen molar-refractivity contribution < 1.29 is 19.1 Å². The zero-order chi connectivity index (χ0) is 24.1. The minimum absolute atomic E-state index is 0.0964. The molecule has 6 nitrogen and oxygen atoms in total. The standard InChI is InChI=1S/C27H36N2O4/c1-26(2,3)33-24(30)28-22(21-14-10-7-11-15-21)18-23-27(4,5)16-17-29(23)25(31)32-19-20-12-8-6-9-13-20/h6-15,22-23H,16-19H2,1-5H3,(H,28,30)/t22-,23-/m0/s1. The molecule has 178 valence electrons. The van der Waals surface area contributed by atoms with Crippen LogP contribution in [0.1, 0.15) is 64.6 Å². The van der Waals surface area contributed by atoms with Gasteiger partial charge in [-0.15, -0.1) is 0 Å². The average Bonchev–Trinajstić information content (AvgIpc) is 3.05. The van der Waals surface area contributed by atoms with E-state index < -0.39 is 11.7 Å². The normalized spacial score (nSPS) is 18.5. The van der Waals surface area contributed by atoms with Crippen molar-refractivity contribution in [3.8, 4) is 0 Å². The van der Waals surface area contributed by atoms with Crippen LogP contribution in [0.15, 0.2) is 60.7 Å².